The largest absolute Gasteiger partial charge is 0.452 e. The fraction of sp³-hybridized carbons (Fsp3) is 0.263. The van der Waals surface area contributed by atoms with Crippen molar-refractivity contribution in [3.63, 3.8) is 0 Å². The normalized spacial score (nSPS) is 11.6. The molecule has 0 bridgehead atoms. The van der Waals surface area contributed by atoms with Crippen molar-refractivity contribution in [2.24, 2.45) is 0 Å². The van der Waals surface area contributed by atoms with Gasteiger partial charge in [-0.15, -0.1) is 0 Å². The van der Waals surface area contributed by atoms with Gasteiger partial charge in [0.1, 0.15) is 0 Å². The highest BCUT2D eigenvalue weighted by atomic mass is 79.9. The predicted molar refractivity (Wildman–Crippen MR) is 96.8 cm³/mol. The minimum atomic E-state index is -0.522. The van der Waals surface area contributed by atoms with E-state index in [0.29, 0.717) is 5.56 Å². The van der Waals surface area contributed by atoms with Gasteiger partial charge in [0.05, 0.1) is 11.6 Å². The average molecular weight is 390 g/mol. The smallest absolute Gasteiger partial charge is 0.338 e. The molecule has 2 aromatic carbocycles. The van der Waals surface area contributed by atoms with Gasteiger partial charge in [0.2, 0.25) is 0 Å². The maximum atomic E-state index is 12.0. The van der Waals surface area contributed by atoms with E-state index in [1.807, 2.05) is 37.3 Å². The number of halogens is 1. The van der Waals surface area contributed by atoms with Crippen LogP contribution >= 0.6 is 15.9 Å². The van der Waals surface area contributed by atoms with Gasteiger partial charge in [0.15, 0.2) is 6.61 Å². The number of hydrogen-bond donors (Lipinski definition) is 1. The molecule has 0 saturated carbocycles. The first-order valence-corrected chi connectivity index (χ1v) is 8.59. The molecular weight excluding hydrogens is 370 g/mol. The second-order valence-electron chi connectivity index (χ2n) is 5.47. The maximum Gasteiger partial charge on any atom is 0.338 e. The number of ether oxygens (including phenoxy) is 1. The Morgan fingerprint density at radius 3 is 2.50 bits per heavy atom. The van der Waals surface area contributed by atoms with Crippen molar-refractivity contribution in [3.05, 3.63) is 69.7 Å². The third kappa shape index (κ3) is 5.20. The van der Waals surface area contributed by atoms with Crippen molar-refractivity contribution in [1.29, 1.82) is 0 Å². The van der Waals surface area contributed by atoms with Gasteiger partial charge < -0.3 is 10.1 Å². The Bertz CT molecular complexity index is 713. The minimum Gasteiger partial charge on any atom is -0.452 e. The molecule has 1 amide bonds. The van der Waals surface area contributed by atoms with Crippen LogP contribution in [0.3, 0.4) is 0 Å². The summed E-state index contributed by atoms with van der Waals surface area (Å²) < 4.78 is 5.83. The molecule has 2 rings (SSSR count). The number of nitrogens with one attached hydrogen (secondary N) is 1. The average Bonchev–Trinajstić information content (AvgIpc) is 2.59. The van der Waals surface area contributed by atoms with Crippen LogP contribution < -0.4 is 5.32 Å². The van der Waals surface area contributed by atoms with Crippen molar-refractivity contribution in [3.8, 4) is 0 Å². The monoisotopic (exact) mass is 389 g/mol. The third-order valence-corrected chi connectivity index (χ3v) is 4.15. The van der Waals surface area contributed by atoms with Crippen LogP contribution in [0.1, 0.15) is 41.4 Å². The van der Waals surface area contributed by atoms with Crippen molar-refractivity contribution < 1.29 is 14.3 Å². The first-order chi connectivity index (χ1) is 11.5. The molecule has 126 valence electrons. The van der Waals surface area contributed by atoms with Crippen LogP contribution in [0.2, 0.25) is 0 Å². The van der Waals surface area contributed by atoms with Crippen LogP contribution in [0.25, 0.3) is 0 Å². The van der Waals surface area contributed by atoms with Gasteiger partial charge >= 0.3 is 5.97 Å². The number of carbonyl (C=O) groups excluding carboxylic acids is 2. The zero-order chi connectivity index (χ0) is 17.5. The Balaban J connectivity index is 1.85. The van der Waals surface area contributed by atoms with E-state index in [1.165, 1.54) is 5.56 Å². The number of amides is 1. The number of hydrogen-bond acceptors (Lipinski definition) is 3. The highest BCUT2D eigenvalue weighted by Gasteiger charge is 2.13. The van der Waals surface area contributed by atoms with Gasteiger partial charge in [-0.05, 0) is 42.7 Å². The molecule has 1 atom stereocenters. The molecule has 0 radical (unpaired) electrons. The van der Waals surface area contributed by atoms with E-state index in [0.717, 1.165) is 16.5 Å². The number of benzene rings is 2. The summed E-state index contributed by atoms with van der Waals surface area (Å²) in [6.45, 7) is 3.69. The zero-order valence-electron chi connectivity index (χ0n) is 13.7. The lowest BCUT2D eigenvalue weighted by molar-refractivity contribution is -0.124. The van der Waals surface area contributed by atoms with Crippen molar-refractivity contribution >= 4 is 27.8 Å². The molecule has 4 nitrogen and oxygen atoms in total. The summed E-state index contributed by atoms with van der Waals surface area (Å²) in [5.74, 6) is -0.850. The number of carbonyl (C=O) groups is 2. The second kappa shape index (κ2) is 8.64. The van der Waals surface area contributed by atoms with Crippen LogP contribution in [0.4, 0.5) is 0 Å². The van der Waals surface area contributed by atoms with Crippen molar-refractivity contribution in [2.75, 3.05) is 6.61 Å². The summed E-state index contributed by atoms with van der Waals surface area (Å²) >= 11 is 3.29. The first kappa shape index (κ1) is 18.2. The third-order valence-electron chi connectivity index (χ3n) is 3.66. The standard InChI is InChI=1S/C19H20BrNO3/c1-3-14-7-9-15(10-8-14)13(2)21-18(22)12-24-19(23)16-5-4-6-17(20)11-16/h4-11,13H,3,12H2,1-2H3,(H,21,22)/t13-/m0/s1. The maximum absolute atomic E-state index is 12.0. The van der Waals surface area contributed by atoms with Gasteiger partial charge in [-0.3, -0.25) is 4.79 Å². The molecule has 0 aliphatic carbocycles. The molecule has 0 unspecified atom stereocenters. The quantitative estimate of drug-likeness (QED) is 0.758. The lowest BCUT2D eigenvalue weighted by atomic mass is 10.1. The summed E-state index contributed by atoms with van der Waals surface area (Å²) in [6.07, 6.45) is 0.979. The fourth-order valence-electron chi connectivity index (χ4n) is 2.24. The highest BCUT2D eigenvalue weighted by molar-refractivity contribution is 9.10. The Labute approximate surface area is 150 Å². The topological polar surface area (TPSA) is 55.4 Å². The number of esters is 1. The lowest BCUT2D eigenvalue weighted by Gasteiger charge is -2.15. The summed E-state index contributed by atoms with van der Waals surface area (Å²) in [5, 5.41) is 2.83. The van der Waals surface area contributed by atoms with Crippen LogP contribution in [0.5, 0.6) is 0 Å². The zero-order valence-corrected chi connectivity index (χ0v) is 15.3. The van der Waals surface area contributed by atoms with Crippen molar-refractivity contribution in [1.82, 2.24) is 5.32 Å². The molecule has 24 heavy (non-hydrogen) atoms. The molecule has 0 aliphatic rings. The Hall–Kier alpha value is -2.14. The minimum absolute atomic E-state index is 0.145. The predicted octanol–water partition coefficient (Wildman–Crippen LogP) is 4.05. The molecule has 0 spiro atoms. The summed E-state index contributed by atoms with van der Waals surface area (Å²) in [7, 11) is 0. The van der Waals surface area contributed by atoms with E-state index < -0.39 is 5.97 Å². The Kier molecular flexibility index (Phi) is 6.55. The lowest BCUT2D eigenvalue weighted by Crippen LogP contribution is -2.31. The molecule has 5 heteroatoms. The van der Waals surface area contributed by atoms with Crippen LogP contribution in [-0.4, -0.2) is 18.5 Å². The van der Waals surface area contributed by atoms with Crippen LogP contribution in [-0.2, 0) is 16.0 Å². The van der Waals surface area contributed by atoms with Gasteiger partial charge in [-0.2, -0.15) is 0 Å². The molecule has 0 saturated heterocycles. The molecule has 0 fully saturated rings. The molecule has 0 aliphatic heterocycles. The van der Waals surface area contributed by atoms with E-state index in [9.17, 15) is 9.59 Å². The summed E-state index contributed by atoms with van der Waals surface area (Å²) in [4.78, 5) is 23.9. The molecule has 1 N–H and O–H groups in total. The van der Waals surface area contributed by atoms with E-state index >= 15 is 0 Å². The summed E-state index contributed by atoms with van der Waals surface area (Å²) in [6, 6.07) is 14.8. The van der Waals surface area contributed by atoms with Gasteiger partial charge in [0, 0.05) is 4.47 Å². The van der Waals surface area contributed by atoms with E-state index in [1.54, 1.807) is 18.2 Å². The van der Waals surface area contributed by atoms with Gasteiger partial charge in [0.25, 0.3) is 5.91 Å². The number of aryl methyl sites for hydroxylation is 1. The molecule has 2 aromatic rings. The first-order valence-electron chi connectivity index (χ1n) is 7.80. The molecule has 0 aromatic heterocycles. The van der Waals surface area contributed by atoms with Crippen LogP contribution in [0, 0.1) is 0 Å². The fourth-order valence-corrected chi connectivity index (χ4v) is 2.64. The van der Waals surface area contributed by atoms with E-state index in [2.05, 4.69) is 28.2 Å². The number of rotatable bonds is 6. The SMILES string of the molecule is CCc1ccc([C@H](C)NC(=O)COC(=O)c2cccc(Br)c2)cc1. The Morgan fingerprint density at radius 1 is 1.17 bits per heavy atom. The van der Waals surface area contributed by atoms with Crippen molar-refractivity contribution in [2.45, 2.75) is 26.3 Å². The van der Waals surface area contributed by atoms with Gasteiger partial charge in [-0.25, -0.2) is 4.79 Å². The van der Waals surface area contributed by atoms with Crippen LogP contribution in [0.15, 0.2) is 53.0 Å². The second-order valence-corrected chi connectivity index (χ2v) is 6.39. The van der Waals surface area contributed by atoms with E-state index in [-0.39, 0.29) is 18.6 Å². The highest BCUT2D eigenvalue weighted by Crippen LogP contribution is 2.14. The van der Waals surface area contributed by atoms with Gasteiger partial charge in [-0.1, -0.05) is 53.2 Å². The Morgan fingerprint density at radius 2 is 1.88 bits per heavy atom. The van der Waals surface area contributed by atoms with E-state index in [4.69, 9.17) is 4.74 Å². The summed E-state index contributed by atoms with van der Waals surface area (Å²) in [5.41, 5.74) is 2.67. The molecule has 0 heterocycles. The molecular formula is C19H20BrNO3.